The Morgan fingerprint density at radius 1 is 1.25 bits per heavy atom. The number of hydrogen-bond acceptors (Lipinski definition) is 4. The molecule has 0 saturated heterocycles. The SMILES string of the molecule is COc1ccc(C(C)NC2=NC(C(C)C)CCS2)cc1. The van der Waals surface area contributed by atoms with Crippen molar-refractivity contribution in [1.82, 2.24) is 5.32 Å². The van der Waals surface area contributed by atoms with Crippen molar-refractivity contribution in [3.63, 3.8) is 0 Å². The largest absolute Gasteiger partial charge is 0.497 e. The van der Waals surface area contributed by atoms with Gasteiger partial charge in [0.05, 0.1) is 19.2 Å². The first-order valence-corrected chi connectivity index (χ1v) is 8.19. The van der Waals surface area contributed by atoms with E-state index in [0.717, 1.165) is 16.7 Å². The topological polar surface area (TPSA) is 33.6 Å². The highest BCUT2D eigenvalue weighted by Gasteiger charge is 2.19. The summed E-state index contributed by atoms with van der Waals surface area (Å²) in [6, 6.07) is 8.93. The molecule has 1 aromatic rings. The Kier molecular flexibility index (Phi) is 5.35. The van der Waals surface area contributed by atoms with Crippen LogP contribution in [0.4, 0.5) is 0 Å². The maximum absolute atomic E-state index is 5.19. The summed E-state index contributed by atoms with van der Waals surface area (Å²) in [6.07, 6.45) is 1.18. The van der Waals surface area contributed by atoms with Crippen LogP contribution in [0.3, 0.4) is 0 Å². The molecule has 110 valence electrons. The minimum Gasteiger partial charge on any atom is -0.497 e. The molecule has 0 aliphatic carbocycles. The Morgan fingerprint density at radius 3 is 2.55 bits per heavy atom. The lowest BCUT2D eigenvalue weighted by Crippen LogP contribution is -2.30. The number of amidine groups is 1. The molecule has 0 aromatic heterocycles. The molecule has 2 rings (SSSR count). The molecule has 1 aromatic carbocycles. The monoisotopic (exact) mass is 292 g/mol. The van der Waals surface area contributed by atoms with Crippen LogP contribution < -0.4 is 10.1 Å². The summed E-state index contributed by atoms with van der Waals surface area (Å²) in [5.74, 6) is 2.67. The fourth-order valence-corrected chi connectivity index (χ4v) is 3.27. The number of aliphatic imine (C=N–C) groups is 1. The molecule has 0 bridgehead atoms. The van der Waals surface area contributed by atoms with Gasteiger partial charge in [-0.05, 0) is 37.0 Å². The van der Waals surface area contributed by atoms with E-state index in [0.29, 0.717) is 12.0 Å². The Hall–Kier alpha value is -1.16. The van der Waals surface area contributed by atoms with Gasteiger partial charge >= 0.3 is 0 Å². The summed E-state index contributed by atoms with van der Waals surface area (Å²) >= 11 is 1.83. The summed E-state index contributed by atoms with van der Waals surface area (Å²) < 4.78 is 5.19. The van der Waals surface area contributed by atoms with Gasteiger partial charge in [0.2, 0.25) is 0 Å². The number of thioether (sulfide) groups is 1. The predicted octanol–water partition coefficient (Wildman–Crippen LogP) is 3.86. The summed E-state index contributed by atoms with van der Waals surface area (Å²) in [4.78, 5) is 4.82. The van der Waals surface area contributed by atoms with Gasteiger partial charge in [-0.25, -0.2) is 0 Å². The van der Waals surface area contributed by atoms with E-state index < -0.39 is 0 Å². The number of nitrogens with zero attached hydrogens (tertiary/aromatic N) is 1. The molecule has 0 spiro atoms. The van der Waals surface area contributed by atoms with Crippen molar-refractivity contribution in [2.45, 2.75) is 39.3 Å². The van der Waals surface area contributed by atoms with Gasteiger partial charge in [0.15, 0.2) is 5.17 Å². The molecule has 20 heavy (non-hydrogen) atoms. The van der Waals surface area contributed by atoms with Crippen molar-refractivity contribution in [2.24, 2.45) is 10.9 Å². The van der Waals surface area contributed by atoms with Crippen LogP contribution >= 0.6 is 11.8 Å². The molecule has 1 heterocycles. The molecule has 0 saturated carbocycles. The van der Waals surface area contributed by atoms with Crippen LogP contribution in [0.15, 0.2) is 29.3 Å². The van der Waals surface area contributed by atoms with Gasteiger partial charge in [0, 0.05) is 5.75 Å². The van der Waals surface area contributed by atoms with Crippen molar-refractivity contribution >= 4 is 16.9 Å². The van der Waals surface area contributed by atoms with Crippen LogP contribution in [0.1, 0.15) is 38.8 Å². The molecule has 4 heteroatoms. The van der Waals surface area contributed by atoms with Gasteiger partial charge in [-0.2, -0.15) is 0 Å². The molecule has 2 atom stereocenters. The lowest BCUT2D eigenvalue weighted by molar-refractivity contribution is 0.414. The summed E-state index contributed by atoms with van der Waals surface area (Å²) in [5, 5.41) is 4.61. The minimum absolute atomic E-state index is 0.262. The zero-order valence-electron chi connectivity index (χ0n) is 12.7. The highest BCUT2D eigenvalue weighted by Crippen LogP contribution is 2.24. The lowest BCUT2D eigenvalue weighted by atomic mass is 10.0. The van der Waals surface area contributed by atoms with Crippen molar-refractivity contribution < 1.29 is 4.74 Å². The minimum atomic E-state index is 0.262. The Morgan fingerprint density at radius 2 is 1.95 bits per heavy atom. The van der Waals surface area contributed by atoms with Gasteiger partial charge in [0.1, 0.15) is 5.75 Å². The van der Waals surface area contributed by atoms with Crippen molar-refractivity contribution in [3.8, 4) is 5.75 Å². The summed E-state index contributed by atoms with van der Waals surface area (Å²) in [7, 11) is 1.69. The molecule has 2 unspecified atom stereocenters. The average Bonchev–Trinajstić information content (AvgIpc) is 2.47. The van der Waals surface area contributed by atoms with Crippen LogP contribution in [0.5, 0.6) is 5.75 Å². The van der Waals surface area contributed by atoms with E-state index in [1.807, 2.05) is 23.9 Å². The number of methoxy groups -OCH3 is 1. The van der Waals surface area contributed by atoms with E-state index in [1.165, 1.54) is 12.0 Å². The van der Waals surface area contributed by atoms with Crippen LogP contribution in [0, 0.1) is 5.92 Å². The van der Waals surface area contributed by atoms with E-state index in [4.69, 9.17) is 9.73 Å². The Labute approximate surface area is 126 Å². The first-order valence-electron chi connectivity index (χ1n) is 7.21. The van der Waals surface area contributed by atoms with Crippen LogP contribution in [0.2, 0.25) is 0 Å². The molecular formula is C16H24N2OS. The van der Waals surface area contributed by atoms with Gasteiger partial charge in [-0.3, -0.25) is 4.99 Å². The van der Waals surface area contributed by atoms with E-state index in [2.05, 4.69) is 38.2 Å². The fourth-order valence-electron chi connectivity index (χ4n) is 2.25. The van der Waals surface area contributed by atoms with E-state index in [1.54, 1.807) is 7.11 Å². The molecule has 1 aliphatic heterocycles. The number of ether oxygens (including phenoxy) is 1. The number of rotatable bonds is 4. The standard InChI is InChI=1S/C16H24N2OS/c1-11(2)15-9-10-20-16(18-15)17-12(3)13-5-7-14(19-4)8-6-13/h5-8,11-12,15H,9-10H2,1-4H3,(H,17,18). The number of nitrogens with one attached hydrogen (secondary N) is 1. The third-order valence-corrected chi connectivity index (χ3v) is 4.60. The highest BCUT2D eigenvalue weighted by molar-refractivity contribution is 8.13. The number of benzene rings is 1. The normalized spacial score (nSPS) is 20.4. The molecule has 0 amide bonds. The molecule has 3 nitrogen and oxygen atoms in total. The van der Waals surface area contributed by atoms with Gasteiger partial charge in [0.25, 0.3) is 0 Å². The van der Waals surface area contributed by atoms with E-state index >= 15 is 0 Å². The van der Waals surface area contributed by atoms with E-state index in [9.17, 15) is 0 Å². The molecule has 0 radical (unpaired) electrons. The summed E-state index contributed by atoms with van der Waals surface area (Å²) in [5.41, 5.74) is 1.25. The third-order valence-electron chi connectivity index (χ3n) is 3.66. The fraction of sp³-hybridized carbons (Fsp3) is 0.562. The highest BCUT2D eigenvalue weighted by atomic mass is 32.2. The zero-order chi connectivity index (χ0) is 14.5. The zero-order valence-corrected chi connectivity index (χ0v) is 13.5. The van der Waals surface area contributed by atoms with Crippen LogP contribution in [-0.4, -0.2) is 24.1 Å². The first kappa shape index (κ1) is 15.2. The Bertz CT molecular complexity index is 456. The lowest BCUT2D eigenvalue weighted by Gasteiger charge is -2.25. The van der Waals surface area contributed by atoms with Gasteiger partial charge in [-0.15, -0.1) is 0 Å². The van der Waals surface area contributed by atoms with Crippen molar-refractivity contribution in [2.75, 3.05) is 12.9 Å². The molecule has 1 aliphatic rings. The van der Waals surface area contributed by atoms with Gasteiger partial charge in [-0.1, -0.05) is 37.7 Å². The molecular weight excluding hydrogens is 268 g/mol. The summed E-state index contributed by atoms with van der Waals surface area (Å²) in [6.45, 7) is 6.66. The molecule has 0 fully saturated rings. The second-order valence-electron chi connectivity index (χ2n) is 5.52. The van der Waals surface area contributed by atoms with Crippen molar-refractivity contribution in [1.29, 1.82) is 0 Å². The Balaban J connectivity index is 2.01. The van der Waals surface area contributed by atoms with Crippen LogP contribution in [-0.2, 0) is 0 Å². The van der Waals surface area contributed by atoms with E-state index in [-0.39, 0.29) is 6.04 Å². The number of hydrogen-bond donors (Lipinski definition) is 1. The predicted molar refractivity (Wildman–Crippen MR) is 87.7 cm³/mol. The smallest absolute Gasteiger partial charge is 0.157 e. The maximum atomic E-state index is 5.19. The second-order valence-corrected chi connectivity index (χ2v) is 6.61. The maximum Gasteiger partial charge on any atom is 0.157 e. The third kappa shape index (κ3) is 3.92. The van der Waals surface area contributed by atoms with Crippen molar-refractivity contribution in [3.05, 3.63) is 29.8 Å². The first-order chi connectivity index (χ1) is 9.60. The average molecular weight is 292 g/mol. The molecule has 1 N–H and O–H groups in total. The van der Waals surface area contributed by atoms with Crippen LogP contribution in [0.25, 0.3) is 0 Å². The quantitative estimate of drug-likeness (QED) is 0.915. The van der Waals surface area contributed by atoms with Gasteiger partial charge < -0.3 is 10.1 Å². The second kappa shape index (κ2) is 7.02.